The van der Waals surface area contributed by atoms with Gasteiger partial charge in [0.05, 0.1) is 17.9 Å². The van der Waals surface area contributed by atoms with Gasteiger partial charge in [0, 0.05) is 38.4 Å². The Morgan fingerprint density at radius 2 is 2.00 bits per heavy atom. The highest BCUT2D eigenvalue weighted by atomic mass is 19.1. The van der Waals surface area contributed by atoms with Crippen molar-refractivity contribution in [2.24, 2.45) is 0 Å². The van der Waals surface area contributed by atoms with Crippen LogP contribution in [0.1, 0.15) is 42.7 Å². The van der Waals surface area contributed by atoms with E-state index >= 15 is 0 Å². The summed E-state index contributed by atoms with van der Waals surface area (Å²) in [5.41, 5.74) is -0.127. The Labute approximate surface area is 162 Å². The van der Waals surface area contributed by atoms with Gasteiger partial charge in [-0.05, 0) is 18.9 Å². The van der Waals surface area contributed by atoms with Gasteiger partial charge < -0.3 is 14.5 Å². The average Bonchev–Trinajstić information content (AvgIpc) is 2.70. The molecule has 0 atom stereocenters. The fourth-order valence-electron chi connectivity index (χ4n) is 3.04. The van der Waals surface area contributed by atoms with Gasteiger partial charge in [-0.1, -0.05) is 13.8 Å². The molecule has 9 heteroatoms. The minimum atomic E-state index is -0.837. The number of anilines is 1. The molecule has 3 rings (SSSR count). The molecule has 0 radical (unpaired) electrons. The molecule has 0 aliphatic carbocycles. The third-order valence-corrected chi connectivity index (χ3v) is 4.56. The predicted octanol–water partition coefficient (Wildman–Crippen LogP) is 1.79. The molecule has 28 heavy (non-hydrogen) atoms. The SMILES string of the molecule is CCOc1ccc(C(=O)N2CCN(c3nc(C(C)C)c(F)c(=O)[nH]3)CC2)cn1. The molecule has 1 aliphatic heterocycles. The molecule has 1 amide bonds. The number of nitrogens with one attached hydrogen (secondary N) is 1. The molecule has 3 heterocycles. The van der Waals surface area contributed by atoms with Crippen molar-refractivity contribution in [2.45, 2.75) is 26.7 Å². The number of aromatic amines is 1. The van der Waals surface area contributed by atoms with Crippen LogP contribution in [0, 0.1) is 5.82 Å². The third kappa shape index (κ3) is 4.13. The summed E-state index contributed by atoms with van der Waals surface area (Å²) in [5, 5.41) is 0. The van der Waals surface area contributed by atoms with Crippen molar-refractivity contribution in [1.29, 1.82) is 0 Å². The maximum absolute atomic E-state index is 13.9. The third-order valence-electron chi connectivity index (χ3n) is 4.56. The van der Waals surface area contributed by atoms with Crippen LogP contribution in [0.5, 0.6) is 5.88 Å². The van der Waals surface area contributed by atoms with Crippen LogP contribution in [-0.4, -0.2) is 58.5 Å². The Morgan fingerprint density at radius 3 is 2.57 bits per heavy atom. The summed E-state index contributed by atoms with van der Waals surface area (Å²) in [7, 11) is 0. The van der Waals surface area contributed by atoms with Crippen LogP contribution in [0.25, 0.3) is 0 Å². The number of nitrogens with zero attached hydrogens (tertiary/aromatic N) is 4. The maximum atomic E-state index is 13.9. The number of hydrogen-bond donors (Lipinski definition) is 1. The second kappa shape index (κ2) is 8.37. The van der Waals surface area contributed by atoms with E-state index in [4.69, 9.17) is 4.74 Å². The Hall–Kier alpha value is -2.97. The Morgan fingerprint density at radius 1 is 1.29 bits per heavy atom. The lowest BCUT2D eigenvalue weighted by molar-refractivity contribution is 0.0745. The molecule has 0 bridgehead atoms. The zero-order valence-electron chi connectivity index (χ0n) is 16.2. The zero-order chi connectivity index (χ0) is 20.3. The van der Waals surface area contributed by atoms with Gasteiger partial charge in [0.15, 0.2) is 0 Å². The second-order valence-electron chi connectivity index (χ2n) is 6.84. The largest absolute Gasteiger partial charge is 0.478 e. The first-order valence-electron chi connectivity index (χ1n) is 9.33. The van der Waals surface area contributed by atoms with Gasteiger partial charge in [0.25, 0.3) is 11.5 Å². The van der Waals surface area contributed by atoms with Crippen molar-refractivity contribution in [3.05, 3.63) is 45.8 Å². The highest BCUT2D eigenvalue weighted by Gasteiger charge is 2.25. The number of amides is 1. The minimum Gasteiger partial charge on any atom is -0.478 e. The number of halogens is 1. The average molecular weight is 389 g/mol. The summed E-state index contributed by atoms with van der Waals surface area (Å²) in [6.07, 6.45) is 1.51. The number of hydrogen-bond acceptors (Lipinski definition) is 6. The number of piperazine rings is 1. The second-order valence-corrected chi connectivity index (χ2v) is 6.84. The van der Waals surface area contributed by atoms with Crippen molar-refractivity contribution in [3.8, 4) is 5.88 Å². The number of H-pyrrole nitrogens is 1. The monoisotopic (exact) mass is 389 g/mol. The van der Waals surface area contributed by atoms with Crippen molar-refractivity contribution >= 4 is 11.9 Å². The van der Waals surface area contributed by atoms with Gasteiger partial charge in [-0.3, -0.25) is 14.6 Å². The summed E-state index contributed by atoms with van der Waals surface area (Å²) in [4.78, 5) is 39.0. The normalized spacial score (nSPS) is 14.5. The van der Waals surface area contributed by atoms with Gasteiger partial charge in [-0.2, -0.15) is 4.39 Å². The van der Waals surface area contributed by atoms with E-state index in [1.54, 1.807) is 30.9 Å². The minimum absolute atomic E-state index is 0.112. The van der Waals surface area contributed by atoms with Crippen LogP contribution in [0.3, 0.4) is 0 Å². The number of carbonyl (C=O) groups is 1. The lowest BCUT2D eigenvalue weighted by atomic mass is 10.1. The predicted molar refractivity (Wildman–Crippen MR) is 102 cm³/mol. The Balaban J connectivity index is 1.67. The first kappa shape index (κ1) is 19.8. The van der Waals surface area contributed by atoms with E-state index in [1.165, 1.54) is 6.20 Å². The van der Waals surface area contributed by atoms with Crippen molar-refractivity contribution in [1.82, 2.24) is 19.9 Å². The Kier molecular flexibility index (Phi) is 5.91. The smallest absolute Gasteiger partial charge is 0.288 e. The standard InChI is InChI=1S/C19H24FN5O3/c1-4-28-14-6-5-13(11-21-14)18(27)24-7-9-25(10-8-24)19-22-16(12(2)3)15(20)17(26)23-19/h5-6,11-12H,4,7-10H2,1-3H3,(H,22,23,26). The highest BCUT2D eigenvalue weighted by molar-refractivity contribution is 5.94. The van der Waals surface area contributed by atoms with Crippen molar-refractivity contribution in [3.63, 3.8) is 0 Å². The van der Waals surface area contributed by atoms with Crippen LogP contribution >= 0.6 is 0 Å². The number of carbonyl (C=O) groups excluding carboxylic acids is 1. The molecule has 2 aromatic rings. The van der Waals surface area contributed by atoms with Crippen molar-refractivity contribution in [2.75, 3.05) is 37.7 Å². The summed E-state index contributed by atoms with van der Waals surface area (Å²) in [5.74, 6) is -0.327. The topological polar surface area (TPSA) is 91.4 Å². The van der Waals surface area contributed by atoms with Gasteiger partial charge >= 0.3 is 0 Å². The van der Waals surface area contributed by atoms with Gasteiger partial charge in [-0.15, -0.1) is 0 Å². The molecular formula is C19H24FN5O3. The molecule has 150 valence electrons. The van der Waals surface area contributed by atoms with E-state index in [9.17, 15) is 14.0 Å². The molecule has 0 unspecified atom stereocenters. The van der Waals surface area contributed by atoms with E-state index in [-0.39, 0.29) is 17.5 Å². The fraction of sp³-hybridized carbons (Fsp3) is 0.474. The Bertz CT molecular complexity index is 889. The summed E-state index contributed by atoms with van der Waals surface area (Å²) in [6, 6.07) is 3.37. The molecule has 1 fully saturated rings. The number of rotatable bonds is 5. The highest BCUT2D eigenvalue weighted by Crippen LogP contribution is 2.18. The molecule has 0 aromatic carbocycles. The molecule has 1 aliphatic rings. The number of pyridine rings is 1. The zero-order valence-corrected chi connectivity index (χ0v) is 16.2. The molecule has 1 saturated heterocycles. The summed E-state index contributed by atoms with van der Waals surface area (Å²) >= 11 is 0. The lowest BCUT2D eigenvalue weighted by Crippen LogP contribution is -2.49. The molecule has 0 spiro atoms. The van der Waals surface area contributed by atoms with Crippen LogP contribution in [0.2, 0.25) is 0 Å². The van der Waals surface area contributed by atoms with E-state index in [0.717, 1.165) is 0 Å². The summed E-state index contributed by atoms with van der Waals surface area (Å²) < 4.78 is 19.2. The summed E-state index contributed by atoms with van der Waals surface area (Å²) in [6.45, 7) is 7.86. The van der Waals surface area contributed by atoms with Crippen LogP contribution < -0.4 is 15.2 Å². The van der Waals surface area contributed by atoms with E-state index < -0.39 is 11.4 Å². The van der Waals surface area contributed by atoms with Crippen LogP contribution in [0.15, 0.2) is 23.1 Å². The van der Waals surface area contributed by atoms with Gasteiger partial charge in [-0.25, -0.2) is 9.97 Å². The molecular weight excluding hydrogens is 365 g/mol. The lowest BCUT2D eigenvalue weighted by Gasteiger charge is -2.35. The fourth-order valence-corrected chi connectivity index (χ4v) is 3.04. The van der Waals surface area contributed by atoms with Crippen molar-refractivity contribution < 1.29 is 13.9 Å². The van der Waals surface area contributed by atoms with E-state index in [1.807, 2.05) is 11.8 Å². The van der Waals surface area contributed by atoms with Gasteiger partial charge in [0.2, 0.25) is 17.6 Å². The number of aromatic nitrogens is 3. The van der Waals surface area contributed by atoms with Crippen LogP contribution in [-0.2, 0) is 0 Å². The first-order chi connectivity index (χ1) is 13.4. The van der Waals surface area contributed by atoms with Crippen LogP contribution in [0.4, 0.5) is 10.3 Å². The molecule has 1 N–H and O–H groups in total. The maximum Gasteiger partial charge on any atom is 0.288 e. The quantitative estimate of drug-likeness (QED) is 0.838. The van der Waals surface area contributed by atoms with Gasteiger partial charge in [0.1, 0.15) is 0 Å². The molecule has 2 aromatic heterocycles. The first-order valence-corrected chi connectivity index (χ1v) is 9.33. The molecule has 0 saturated carbocycles. The number of ether oxygens (including phenoxy) is 1. The van der Waals surface area contributed by atoms with E-state index in [0.29, 0.717) is 50.2 Å². The molecule has 8 nitrogen and oxygen atoms in total. The van der Waals surface area contributed by atoms with E-state index in [2.05, 4.69) is 15.0 Å².